The van der Waals surface area contributed by atoms with Crippen molar-refractivity contribution in [2.75, 3.05) is 12.8 Å². The smallest absolute Gasteiger partial charge is 0.233 e. The minimum atomic E-state index is -0.188. The van der Waals surface area contributed by atoms with E-state index < -0.39 is 0 Å². The number of thioether (sulfide) groups is 1. The summed E-state index contributed by atoms with van der Waals surface area (Å²) in [6.07, 6.45) is 5.11. The zero-order valence-corrected chi connectivity index (χ0v) is 20.6. The van der Waals surface area contributed by atoms with Crippen LogP contribution in [-0.4, -0.2) is 43.4 Å². The van der Waals surface area contributed by atoms with Gasteiger partial charge < -0.3 is 9.32 Å². The van der Waals surface area contributed by atoms with Gasteiger partial charge in [0.25, 0.3) is 0 Å². The molecule has 3 heterocycles. The van der Waals surface area contributed by atoms with Crippen LogP contribution in [0.2, 0.25) is 0 Å². The average Bonchev–Trinajstić information content (AvgIpc) is 3.59. The van der Waals surface area contributed by atoms with Gasteiger partial charge in [-0.3, -0.25) is 14.3 Å². The second-order valence-corrected chi connectivity index (χ2v) is 9.17. The van der Waals surface area contributed by atoms with E-state index in [1.165, 1.54) is 11.8 Å². The first kappa shape index (κ1) is 23.6. The van der Waals surface area contributed by atoms with Gasteiger partial charge in [-0.25, -0.2) is 0 Å². The number of carbonyl (C=O) groups is 1. The van der Waals surface area contributed by atoms with E-state index in [1.807, 2.05) is 72.3 Å². The Hall–Kier alpha value is -4.17. The Morgan fingerprint density at radius 1 is 0.944 bits per heavy atom. The van der Waals surface area contributed by atoms with Gasteiger partial charge in [-0.2, -0.15) is 0 Å². The maximum absolute atomic E-state index is 13.4. The van der Waals surface area contributed by atoms with Crippen molar-refractivity contribution in [2.45, 2.75) is 17.7 Å². The summed E-state index contributed by atoms with van der Waals surface area (Å²) >= 11 is 1.36. The lowest BCUT2D eigenvalue weighted by atomic mass is 9.97. The number of carbonyl (C=O) groups excluding carboxylic acids is 1. The summed E-state index contributed by atoms with van der Waals surface area (Å²) in [5, 5.41) is 9.45. The van der Waals surface area contributed by atoms with Crippen LogP contribution in [0, 0.1) is 0 Å². The van der Waals surface area contributed by atoms with E-state index in [0.717, 1.165) is 22.5 Å². The monoisotopic (exact) mass is 495 g/mol. The fourth-order valence-electron chi connectivity index (χ4n) is 4.09. The van der Waals surface area contributed by atoms with Crippen molar-refractivity contribution in [1.29, 1.82) is 0 Å². The average molecular weight is 496 g/mol. The first-order chi connectivity index (χ1) is 17.7. The van der Waals surface area contributed by atoms with Gasteiger partial charge in [-0.1, -0.05) is 72.4 Å². The van der Waals surface area contributed by atoms with Crippen molar-refractivity contribution >= 4 is 17.7 Å². The normalized spacial score (nSPS) is 11.1. The molecule has 5 rings (SSSR count). The van der Waals surface area contributed by atoms with E-state index in [1.54, 1.807) is 23.6 Å². The summed E-state index contributed by atoms with van der Waals surface area (Å²) in [7, 11) is 1.85. The maximum atomic E-state index is 13.4. The molecule has 0 aliphatic heterocycles. The fraction of sp³-hybridized carbons (Fsp3) is 0.143. The number of rotatable bonds is 9. The van der Waals surface area contributed by atoms with Crippen LogP contribution in [0.5, 0.6) is 0 Å². The molecule has 0 saturated heterocycles. The molecule has 3 aromatic heterocycles. The highest BCUT2D eigenvalue weighted by molar-refractivity contribution is 7.99. The number of hydrogen-bond acceptors (Lipinski definition) is 6. The highest BCUT2D eigenvalue weighted by Crippen LogP contribution is 2.30. The van der Waals surface area contributed by atoms with Gasteiger partial charge in [-0.15, -0.1) is 10.2 Å². The minimum absolute atomic E-state index is 0.00631. The lowest BCUT2D eigenvalue weighted by Crippen LogP contribution is -2.33. The van der Waals surface area contributed by atoms with Crippen LogP contribution < -0.4 is 0 Å². The van der Waals surface area contributed by atoms with Crippen molar-refractivity contribution < 1.29 is 9.21 Å². The number of hydrogen-bond donors (Lipinski definition) is 0. The second kappa shape index (κ2) is 11.0. The first-order valence-electron chi connectivity index (χ1n) is 11.5. The molecule has 0 atom stereocenters. The maximum Gasteiger partial charge on any atom is 0.233 e. The Morgan fingerprint density at radius 3 is 2.28 bits per heavy atom. The molecule has 0 spiro atoms. The SMILES string of the molecule is CN(C(=O)CSc1nnc(-c2cccnc2)n1Cc1ccco1)C(c1ccccc1)c1ccccc1. The molecule has 2 aromatic carbocycles. The largest absolute Gasteiger partial charge is 0.467 e. The third-order valence-corrected chi connectivity index (χ3v) is 6.82. The summed E-state index contributed by atoms with van der Waals surface area (Å²) in [5.74, 6) is 1.66. The number of furan rings is 1. The van der Waals surface area contributed by atoms with Crippen LogP contribution >= 0.6 is 11.8 Å². The van der Waals surface area contributed by atoms with E-state index >= 15 is 0 Å². The van der Waals surface area contributed by atoms with Gasteiger partial charge in [0, 0.05) is 25.0 Å². The third kappa shape index (κ3) is 5.23. The van der Waals surface area contributed by atoms with E-state index in [0.29, 0.717) is 17.5 Å². The molecule has 0 saturated carbocycles. The van der Waals surface area contributed by atoms with Gasteiger partial charge >= 0.3 is 0 Å². The van der Waals surface area contributed by atoms with E-state index in [2.05, 4.69) is 39.4 Å². The Morgan fingerprint density at radius 2 is 1.67 bits per heavy atom. The van der Waals surface area contributed by atoms with Gasteiger partial charge in [0.1, 0.15) is 5.76 Å². The Labute approximate surface area is 213 Å². The quantitative estimate of drug-likeness (QED) is 0.258. The van der Waals surface area contributed by atoms with Gasteiger partial charge in [0.05, 0.1) is 24.6 Å². The molecule has 180 valence electrons. The zero-order valence-electron chi connectivity index (χ0n) is 19.8. The molecule has 0 aliphatic carbocycles. The summed E-state index contributed by atoms with van der Waals surface area (Å²) in [5.41, 5.74) is 2.97. The van der Waals surface area contributed by atoms with Crippen LogP contribution in [0.1, 0.15) is 22.9 Å². The number of amides is 1. The van der Waals surface area contributed by atoms with Crippen molar-refractivity contribution in [2.24, 2.45) is 0 Å². The molecule has 36 heavy (non-hydrogen) atoms. The van der Waals surface area contributed by atoms with Crippen LogP contribution in [0.3, 0.4) is 0 Å². The number of nitrogens with zero attached hydrogens (tertiary/aromatic N) is 5. The summed E-state index contributed by atoms with van der Waals surface area (Å²) in [6, 6.07) is 27.5. The molecule has 0 bridgehead atoms. The Bertz CT molecular complexity index is 1350. The first-order valence-corrected chi connectivity index (χ1v) is 12.5. The van der Waals surface area contributed by atoms with Crippen molar-refractivity contribution in [3.8, 4) is 11.4 Å². The molecule has 5 aromatic rings. The van der Waals surface area contributed by atoms with Gasteiger partial charge in [-0.05, 0) is 35.4 Å². The molecular formula is C28H25N5O2S. The van der Waals surface area contributed by atoms with E-state index in [9.17, 15) is 4.79 Å². The predicted molar refractivity (Wildman–Crippen MR) is 139 cm³/mol. The van der Waals surface area contributed by atoms with Crippen molar-refractivity contribution in [1.82, 2.24) is 24.6 Å². The molecule has 0 radical (unpaired) electrons. The fourth-order valence-corrected chi connectivity index (χ4v) is 4.95. The topological polar surface area (TPSA) is 77.1 Å². The summed E-state index contributed by atoms with van der Waals surface area (Å²) in [6.45, 7) is 0.452. The number of pyridine rings is 1. The highest BCUT2D eigenvalue weighted by Gasteiger charge is 2.24. The summed E-state index contributed by atoms with van der Waals surface area (Å²) < 4.78 is 7.53. The van der Waals surface area contributed by atoms with Crippen LogP contribution in [-0.2, 0) is 11.3 Å². The highest BCUT2D eigenvalue weighted by atomic mass is 32.2. The Balaban J connectivity index is 1.38. The third-order valence-electron chi connectivity index (χ3n) is 5.87. The second-order valence-electron chi connectivity index (χ2n) is 8.23. The van der Waals surface area contributed by atoms with Crippen LogP contribution in [0.4, 0.5) is 0 Å². The van der Waals surface area contributed by atoms with Crippen LogP contribution in [0.25, 0.3) is 11.4 Å². The number of aromatic nitrogens is 4. The molecule has 7 nitrogen and oxygen atoms in total. The summed E-state index contributed by atoms with van der Waals surface area (Å²) in [4.78, 5) is 19.4. The molecule has 0 unspecified atom stereocenters. The lowest BCUT2D eigenvalue weighted by molar-refractivity contribution is -0.128. The van der Waals surface area contributed by atoms with Crippen LogP contribution in [0.15, 0.2) is 113 Å². The lowest BCUT2D eigenvalue weighted by Gasteiger charge is -2.29. The minimum Gasteiger partial charge on any atom is -0.467 e. The molecule has 0 N–H and O–H groups in total. The van der Waals surface area contributed by atoms with Gasteiger partial charge in [0.15, 0.2) is 11.0 Å². The Kier molecular flexibility index (Phi) is 7.23. The van der Waals surface area contributed by atoms with Crippen molar-refractivity contribution in [3.63, 3.8) is 0 Å². The van der Waals surface area contributed by atoms with E-state index in [-0.39, 0.29) is 17.7 Å². The predicted octanol–water partition coefficient (Wildman–Crippen LogP) is 5.32. The molecule has 1 amide bonds. The molecule has 8 heteroatoms. The van der Waals surface area contributed by atoms with Crippen molar-refractivity contribution in [3.05, 3.63) is 120 Å². The molecule has 0 aliphatic rings. The van der Waals surface area contributed by atoms with Gasteiger partial charge in [0.2, 0.25) is 5.91 Å². The molecular weight excluding hydrogens is 470 g/mol. The van der Waals surface area contributed by atoms with E-state index in [4.69, 9.17) is 4.42 Å². The standard InChI is InChI=1S/C28H25N5O2S/c1-32(26(21-10-4-2-5-11-21)22-12-6-3-7-13-22)25(34)20-36-28-31-30-27(23-14-8-16-29-18-23)33(28)19-24-15-9-17-35-24/h2-18,26H,19-20H2,1H3. The number of benzene rings is 2. The zero-order chi connectivity index (χ0) is 24.7. The molecule has 0 fully saturated rings.